The van der Waals surface area contributed by atoms with Crippen LogP contribution in [0.1, 0.15) is 178 Å². The molecule has 0 radical (unpaired) electrons. The van der Waals surface area contributed by atoms with E-state index in [1.165, 1.54) is 93.5 Å². The fourth-order valence-electron chi connectivity index (χ4n) is 12.1. The second-order valence-corrected chi connectivity index (χ2v) is 23.1. The Labute approximate surface area is 341 Å². The maximum atomic E-state index is 9.24. The van der Waals surface area contributed by atoms with E-state index in [1.807, 2.05) is 12.1 Å². The maximum Gasteiger partial charge on any atom is 0.0681 e. The number of rotatable bonds is 6. The molecule has 0 aromatic heterocycles. The van der Waals surface area contributed by atoms with Crippen LogP contribution in [0.4, 0.5) is 0 Å². The average molecular weight is 815 g/mol. The molecular weight excluding hydrogens is 730 g/mol. The second-order valence-electron chi connectivity index (χ2n) is 22.5. The Morgan fingerprint density at radius 3 is 1.30 bits per heavy atom. The van der Waals surface area contributed by atoms with E-state index < -0.39 is 0 Å². The van der Waals surface area contributed by atoms with Crippen molar-refractivity contribution in [2.45, 2.75) is 206 Å². The lowest BCUT2D eigenvalue weighted by atomic mass is 9.66. The van der Waals surface area contributed by atoms with Crippen LogP contribution < -0.4 is 16.0 Å². The molecule has 0 bridgehead atoms. The van der Waals surface area contributed by atoms with Crippen molar-refractivity contribution in [1.82, 2.24) is 16.0 Å². The summed E-state index contributed by atoms with van der Waals surface area (Å²) in [6.45, 7) is 28.3. The number of nitrogens with one attached hydrogen (secondary N) is 3. The van der Waals surface area contributed by atoms with E-state index in [9.17, 15) is 5.11 Å². The van der Waals surface area contributed by atoms with Gasteiger partial charge in [-0.25, -0.2) is 0 Å². The van der Waals surface area contributed by atoms with Gasteiger partial charge in [0.2, 0.25) is 0 Å². The number of hydrogen-bond donors (Lipinski definition) is 5. The molecule has 0 atom stereocenters. The molecule has 0 spiro atoms. The Bertz CT molecular complexity index is 1240. The Kier molecular flexibility index (Phi) is 15.7. The third-order valence-electron chi connectivity index (χ3n) is 13.4. The maximum absolute atomic E-state index is 9.24. The SMILES string of the molecule is CC1(C)C=C(c2ccc(CO)cc2)CC(C)(C)N1.CC1(C)CC(C2CCC(CBr)CC2)CC(C)(C)N1.CC1(C)CC(C2CCC(CO)CC2)CC(C)(C)N1. The lowest BCUT2D eigenvalue weighted by molar-refractivity contribution is 0.0626. The zero-order chi connectivity index (χ0) is 40.2. The van der Waals surface area contributed by atoms with Crippen LogP contribution in [-0.4, -0.2) is 55.4 Å². The number of aliphatic hydroxyl groups is 2. The van der Waals surface area contributed by atoms with Crippen molar-refractivity contribution in [2.24, 2.45) is 35.5 Å². The fraction of sp³-hybridized carbons (Fsp3) is 0.833. The Morgan fingerprint density at radius 1 is 0.537 bits per heavy atom. The molecule has 6 rings (SSSR count). The van der Waals surface area contributed by atoms with Crippen LogP contribution in [0.3, 0.4) is 0 Å². The minimum atomic E-state index is 0.0206. The normalized spacial score (nSPS) is 31.5. The lowest BCUT2D eigenvalue weighted by Crippen LogP contribution is -2.58. The van der Waals surface area contributed by atoms with Crippen molar-refractivity contribution in [3.63, 3.8) is 0 Å². The monoisotopic (exact) mass is 814 g/mol. The molecule has 5 aliphatic rings. The first kappa shape index (κ1) is 45.9. The Hall–Kier alpha value is -0.760. The molecule has 0 amide bonds. The molecule has 310 valence electrons. The van der Waals surface area contributed by atoms with Crippen molar-refractivity contribution in [1.29, 1.82) is 0 Å². The Balaban J connectivity index is 0.000000180. The predicted molar refractivity (Wildman–Crippen MR) is 236 cm³/mol. The average Bonchev–Trinajstić information content (AvgIpc) is 3.05. The van der Waals surface area contributed by atoms with Gasteiger partial charge in [0.15, 0.2) is 0 Å². The Morgan fingerprint density at radius 2 is 0.944 bits per heavy atom. The van der Waals surface area contributed by atoms with Crippen molar-refractivity contribution in [3.05, 3.63) is 41.5 Å². The molecule has 5 nitrogen and oxygen atoms in total. The van der Waals surface area contributed by atoms with Crippen LogP contribution in [0.15, 0.2) is 30.3 Å². The molecule has 3 aliphatic heterocycles. The van der Waals surface area contributed by atoms with Crippen LogP contribution in [0.2, 0.25) is 0 Å². The summed E-state index contributed by atoms with van der Waals surface area (Å²) < 4.78 is 0. The van der Waals surface area contributed by atoms with Gasteiger partial charge in [0.25, 0.3) is 0 Å². The van der Waals surface area contributed by atoms with Gasteiger partial charge in [-0.05, 0) is 219 Å². The van der Waals surface area contributed by atoms with Gasteiger partial charge in [-0.2, -0.15) is 0 Å². The van der Waals surface area contributed by atoms with Crippen LogP contribution in [0.25, 0.3) is 5.57 Å². The van der Waals surface area contributed by atoms with Gasteiger partial charge in [-0.3, -0.25) is 0 Å². The van der Waals surface area contributed by atoms with Gasteiger partial charge in [0.1, 0.15) is 0 Å². The van der Waals surface area contributed by atoms with Crippen LogP contribution in [0, 0.1) is 35.5 Å². The first-order valence-electron chi connectivity index (χ1n) is 21.9. The van der Waals surface area contributed by atoms with Gasteiger partial charge in [-0.1, -0.05) is 46.3 Å². The number of halogens is 1. The van der Waals surface area contributed by atoms with Gasteiger partial charge in [0.05, 0.1) is 6.61 Å². The van der Waals surface area contributed by atoms with Gasteiger partial charge in [-0.15, -0.1) is 0 Å². The molecule has 0 unspecified atom stereocenters. The smallest absolute Gasteiger partial charge is 0.0681 e. The summed E-state index contributed by atoms with van der Waals surface area (Å²) >= 11 is 3.65. The molecule has 1 aromatic carbocycles. The van der Waals surface area contributed by atoms with E-state index >= 15 is 0 Å². The topological polar surface area (TPSA) is 76.5 Å². The zero-order valence-electron chi connectivity index (χ0n) is 36.9. The van der Waals surface area contributed by atoms with E-state index in [-0.39, 0.29) is 28.8 Å². The van der Waals surface area contributed by atoms with Crippen molar-refractivity contribution >= 4 is 21.5 Å². The number of aliphatic hydroxyl groups excluding tert-OH is 2. The van der Waals surface area contributed by atoms with Gasteiger partial charge < -0.3 is 26.2 Å². The lowest BCUT2D eigenvalue weighted by Gasteiger charge is -2.49. The third-order valence-corrected chi connectivity index (χ3v) is 14.3. The molecule has 4 fully saturated rings. The van der Waals surface area contributed by atoms with Gasteiger partial charge >= 0.3 is 0 Å². The summed E-state index contributed by atoms with van der Waals surface area (Å²) in [6, 6.07) is 8.21. The first-order valence-corrected chi connectivity index (χ1v) is 23.0. The van der Waals surface area contributed by atoms with Crippen LogP contribution in [0.5, 0.6) is 0 Å². The van der Waals surface area contributed by atoms with E-state index in [2.05, 4.69) is 133 Å². The minimum absolute atomic E-state index is 0.0206. The molecule has 3 heterocycles. The number of piperidine rings is 2. The molecule has 2 saturated carbocycles. The third kappa shape index (κ3) is 14.3. The largest absolute Gasteiger partial charge is 0.396 e. The minimum Gasteiger partial charge on any atom is -0.396 e. The van der Waals surface area contributed by atoms with E-state index in [1.54, 1.807) is 0 Å². The molecule has 1 aromatic rings. The van der Waals surface area contributed by atoms with E-state index in [0.29, 0.717) is 23.6 Å². The highest BCUT2D eigenvalue weighted by molar-refractivity contribution is 9.09. The van der Waals surface area contributed by atoms with Crippen LogP contribution in [-0.2, 0) is 6.61 Å². The molecule has 2 aliphatic carbocycles. The van der Waals surface area contributed by atoms with Crippen molar-refractivity contribution in [3.8, 4) is 0 Å². The number of benzene rings is 1. The summed E-state index contributed by atoms with van der Waals surface area (Å²) in [6.07, 6.45) is 19.7. The molecule has 2 saturated heterocycles. The summed E-state index contributed by atoms with van der Waals surface area (Å²) in [5.41, 5.74) is 4.93. The predicted octanol–water partition coefficient (Wildman–Crippen LogP) is 11.2. The molecular formula is C48H84BrN3O2. The summed E-state index contributed by atoms with van der Waals surface area (Å²) in [5.74, 6) is 5.23. The number of hydrogen-bond acceptors (Lipinski definition) is 5. The van der Waals surface area contributed by atoms with E-state index in [0.717, 1.165) is 41.6 Å². The number of alkyl halides is 1. The summed E-state index contributed by atoms with van der Waals surface area (Å²) in [7, 11) is 0. The highest BCUT2D eigenvalue weighted by atomic mass is 79.9. The zero-order valence-corrected chi connectivity index (χ0v) is 38.5. The van der Waals surface area contributed by atoms with Crippen molar-refractivity contribution in [2.75, 3.05) is 11.9 Å². The van der Waals surface area contributed by atoms with Crippen molar-refractivity contribution < 1.29 is 10.2 Å². The standard InChI is InChI=1S/C16H30BrN.C16H31NO.C16H23NO/c1-15(2)9-14(10-16(3,4)18-15)13-7-5-12(11-17)6-8-13;2*1-15(2)9-14(10-16(3,4)17-15)13-7-5-12(11-18)6-8-13/h12-14,18H,5-11H2,1-4H3;12-14,17-18H,5-11H2,1-4H3;5-9,17-18H,10-11H2,1-4H3. The van der Waals surface area contributed by atoms with Crippen LogP contribution >= 0.6 is 15.9 Å². The fourth-order valence-corrected chi connectivity index (χ4v) is 12.7. The quantitative estimate of drug-likeness (QED) is 0.185. The van der Waals surface area contributed by atoms with E-state index in [4.69, 9.17) is 5.11 Å². The first-order chi connectivity index (χ1) is 24.9. The summed E-state index contributed by atoms with van der Waals surface area (Å²) in [4.78, 5) is 0. The molecule has 6 heteroatoms. The highest BCUT2D eigenvalue weighted by Gasteiger charge is 2.42. The highest BCUT2D eigenvalue weighted by Crippen LogP contribution is 2.45. The van der Waals surface area contributed by atoms with Gasteiger partial charge in [0, 0.05) is 45.2 Å². The molecule has 54 heavy (non-hydrogen) atoms. The second kappa shape index (κ2) is 18.4. The molecule has 5 N–H and O–H groups in total. The summed E-state index contributed by atoms with van der Waals surface area (Å²) in [5, 5.41) is 30.8.